The van der Waals surface area contributed by atoms with Crippen molar-refractivity contribution in [2.45, 2.75) is 65.1 Å². The van der Waals surface area contributed by atoms with Gasteiger partial charge in [-0.3, -0.25) is 9.59 Å². The lowest BCUT2D eigenvalue weighted by Crippen LogP contribution is -2.56. The van der Waals surface area contributed by atoms with Gasteiger partial charge in [0.2, 0.25) is 11.8 Å². The molecule has 0 aromatic carbocycles. The molecule has 0 bridgehead atoms. The van der Waals surface area contributed by atoms with E-state index in [1.54, 1.807) is 6.20 Å². The van der Waals surface area contributed by atoms with Crippen LogP contribution in [-0.4, -0.2) is 51.0 Å². The average molecular weight is 381 g/mol. The van der Waals surface area contributed by atoms with Crippen LogP contribution in [0.4, 0.5) is 0 Å². The second-order valence-electron chi connectivity index (χ2n) is 7.28. The van der Waals surface area contributed by atoms with E-state index in [-0.39, 0.29) is 24.7 Å². The number of nitrogens with two attached hydrogens (primary N) is 1. The first kappa shape index (κ1) is 22.6. The highest BCUT2D eigenvalue weighted by molar-refractivity contribution is 5.92. The number of carboxylic acid groups (broad SMARTS) is 1. The van der Waals surface area contributed by atoms with Crippen molar-refractivity contribution >= 4 is 17.8 Å². The Kier molecular flexibility index (Phi) is 8.93. The smallest absolute Gasteiger partial charge is 0.326 e. The van der Waals surface area contributed by atoms with Crippen molar-refractivity contribution in [2.75, 3.05) is 0 Å². The standard InChI is InChI=1S/C18H31N5O4/c1-5-11(4)15(19)17(25)22-13(7-12-8-20-9-21-12)16(24)23-14(18(26)27)6-10(2)3/h8-11,13-15H,5-7,19H2,1-4H3,(H,20,21)(H,22,25)(H,23,24)(H,26,27)/t11-,13-,14-,15-/m0/s1. The molecule has 1 heterocycles. The van der Waals surface area contributed by atoms with Crippen molar-refractivity contribution in [3.63, 3.8) is 0 Å². The van der Waals surface area contributed by atoms with Crippen LogP contribution in [0.5, 0.6) is 0 Å². The summed E-state index contributed by atoms with van der Waals surface area (Å²) in [5.41, 5.74) is 6.59. The van der Waals surface area contributed by atoms with Gasteiger partial charge < -0.3 is 26.5 Å². The molecule has 0 aliphatic heterocycles. The van der Waals surface area contributed by atoms with Crippen molar-refractivity contribution in [2.24, 2.45) is 17.6 Å². The Bertz CT molecular complexity index is 617. The van der Waals surface area contributed by atoms with Crippen molar-refractivity contribution in [3.8, 4) is 0 Å². The number of rotatable bonds is 11. The summed E-state index contributed by atoms with van der Waals surface area (Å²) in [5, 5.41) is 14.5. The third-order valence-electron chi connectivity index (χ3n) is 4.49. The minimum absolute atomic E-state index is 0.0476. The fourth-order valence-corrected chi connectivity index (χ4v) is 2.57. The monoisotopic (exact) mass is 381 g/mol. The van der Waals surface area contributed by atoms with Gasteiger partial charge in [0.05, 0.1) is 12.4 Å². The number of carbonyl (C=O) groups excluding carboxylic acids is 2. The third-order valence-corrected chi connectivity index (χ3v) is 4.49. The Morgan fingerprint density at radius 2 is 1.81 bits per heavy atom. The van der Waals surface area contributed by atoms with Crippen LogP contribution in [0.25, 0.3) is 0 Å². The van der Waals surface area contributed by atoms with Crippen LogP contribution in [0, 0.1) is 11.8 Å². The number of nitrogens with one attached hydrogen (secondary N) is 3. The molecule has 0 saturated carbocycles. The average Bonchev–Trinajstić information content (AvgIpc) is 3.11. The molecular formula is C18H31N5O4. The molecule has 1 aromatic rings. The molecule has 0 fully saturated rings. The van der Waals surface area contributed by atoms with Crippen molar-refractivity contribution in [1.29, 1.82) is 0 Å². The van der Waals surface area contributed by atoms with E-state index in [1.165, 1.54) is 6.33 Å². The Hall–Kier alpha value is -2.42. The molecule has 0 aliphatic rings. The zero-order chi connectivity index (χ0) is 20.6. The molecule has 2 amide bonds. The summed E-state index contributed by atoms with van der Waals surface area (Å²) >= 11 is 0. The van der Waals surface area contributed by atoms with Gasteiger partial charge in [-0.25, -0.2) is 9.78 Å². The second-order valence-corrected chi connectivity index (χ2v) is 7.28. The number of imidazole rings is 1. The molecule has 0 spiro atoms. The maximum atomic E-state index is 12.7. The molecule has 27 heavy (non-hydrogen) atoms. The number of aliphatic carboxylic acids is 1. The zero-order valence-electron chi connectivity index (χ0n) is 16.4. The van der Waals surface area contributed by atoms with Gasteiger partial charge in [0.1, 0.15) is 12.1 Å². The van der Waals surface area contributed by atoms with E-state index in [0.29, 0.717) is 5.69 Å². The van der Waals surface area contributed by atoms with Gasteiger partial charge in [0.15, 0.2) is 0 Å². The summed E-state index contributed by atoms with van der Waals surface area (Å²) < 4.78 is 0. The van der Waals surface area contributed by atoms with Crippen LogP contribution >= 0.6 is 0 Å². The summed E-state index contributed by atoms with van der Waals surface area (Å²) in [6, 6.07) is -2.73. The lowest BCUT2D eigenvalue weighted by Gasteiger charge is -2.24. The summed E-state index contributed by atoms with van der Waals surface area (Å²) in [5.74, 6) is -2.08. The van der Waals surface area contributed by atoms with E-state index in [2.05, 4.69) is 20.6 Å². The normalized spacial score (nSPS) is 15.6. The molecule has 0 saturated heterocycles. The number of nitrogens with zero attached hydrogens (tertiary/aromatic N) is 1. The summed E-state index contributed by atoms with van der Waals surface area (Å²) in [7, 11) is 0. The van der Waals surface area contributed by atoms with E-state index in [9.17, 15) is 19.5 Å². The topological polar surface area (TPSA) is 150 Å². The molecule has 9 heteroatoms. The summed E-state index contributed by atoms with van der Waals surface area (Å²) in [4.78, 5) is 43.3. The number of amides is 2. The van der Waals surface area contributed by atoms with Crippen LogP contribution in [0.3, 0.4) is 0 Å². The predicted molar refractivity (Wildman–Crippen MR) is 101 cm³/mol. The van der Waals surface area contributed by atoms with E-state index in [4.69, 9.17) is 5.73 Å². The molecule has 1 rings (SSSR count). The molecule has 6 N–H and O–H groups in total. The Morgan fingerprint density at radius 1 is 1.19 bits per heavy atom. The van der Waals surface area contributed by atoms with Gasteiger partial charge in [-0.05, 0) is 18.3 Å². The van der Waals surface area contributed by atoms with Crippen LogP contribution < -0.4 is 16.4 Å². The molecular weight excluding hydrogens is 350 g/mol. The minimum Gasteiger partial charge on any atom is -0.480 e. The molecule has 4 atom stereocenters. The first-order valence-corrected chi connectivity index (χ1v) is 9.22. The second kappa shape index (κ2) is 10.7. The van der Waals surface area contributed by atoms with Crippen LogP contribution in [0.2, 0.25) is 0 Å². The molecule has 152 valence electrons. The fourth-order valence-electron chi connectivity index (χ4n) is 2.57. The quantitative estimate of drug-likeness (QED) is 0.375. The molecule has 0 radical (unpaired) electrons. The van der Waals surface area contributed by atoms with Gasteiger partial charge in [-0.1, -0.05) is 34.1 Å². The maximum Gasteiger partial charge on any atom is 0.326 e. The van der Waals surface area contributed by atoms with Gasteiger partial charge in [-0.15, -0.1) is 0 Å². The van der Waals surface area contributed by atoms with Gasteiger partial charge in [-0.2, -0.15) is 0 Å². The largest absolute Gasteiger partial charge is 0.480 e. The highest BCUT2D eigenvalue weighted by Gasteiger charge is 2.29. The SMILES string of the molecule is CC[C@H](C)[C@H](N)C(=O)N[C@@H](Cc1cnc[nH]1)C(=O)N[C@@H](CC(C)C)C(=O)O. The molecule has 1 aromatic heterocycles. The van der Waals surface area contributed by atoms with Gasteiger partial charge in [0, 0.05) is 18.3 Å². The third kappa shape index (κ3) is 7.38. The maximum absolute atomic E-state index is 12.7. The minimum atomic E-state index is -1.11. The Labute approximate surface area is 159 Å². The van der Waals surface area contributed by atoms with Crippen molar-refractivity contribution < 1.29 is 19.5 Å². The first-order valence-electron chi connectivity index (χ1n) is 9.22. The predicted octanol–water partition coefficient (Wildman–Crippen LogP) is 0.426. The lowest BCUT2D eigenvalue weighted by atomic mass is 9.98. The number of aromatic amines is 1. The number of H-pyrrole nitrogens is 1. The van der Waals surface area contributed by atoms with Gasteiger partial charge >= 0.3 is 5.97 Å². The van der Waals surface area contributed by atoms with Crippen LogP contribution in [-0.2, 0) is 20.8 Å². The van der Waals surface area contributed by atoms with E-state index in [1.807, 2.05) is 27.7 Å². The Balaban J connectivity index is 2.91. The van der Waals surface area contributed by atoms with Gasteiger partial charge in [0.25, 0.3) is 0 Å². The molecule has 0 aliphatic carbocycles. The fraction of sp³-hybridized carbons (Fsp3) is 0.667. The van der Waals surface area contributed by atoms with Crippen LogP contribution in [0.15, 0.2) is 12.5 Å². The molecule has 9 nitrogen and oxygen atoms in total. The van der Waals surface area contributed by atoms with Crippen molar-refractivity contribution in [3.05, 3.63) is 18.2 Å². The number of carboxylic acids is 1. The van der Waals surface area contributed by atoms with E-state index in [0.717, 1.165) is 6.42 Å². The number of hydrogen-bond acceptors (Lipinski definition) is 5. The number of hydrogen-bond donors (Lipinski definition) is 5. The Morgan fingerprint density at radius 3 is 2.30 bits per heavy atom. The summed E-state index contributed by atoms with van der Waals surface area (Å²) in [6.45, 7) is 7.53. The molecule has 0 unspecified atom stereocenters. The highest BCUT2D eigenvalue weighted by Crippen LogP contribution is 2.09. The lowest BCUT2D eigenvalue weighted by molar-refractivity contribution is -0.142. The zero-order valence-corrected chi connectivity index (χ0v) is 16.4. The van der Waals surface area contributed by atoms with Crippen LogP contribution in [0.1, 0.15) is 46.2 Å². The van der Waals surface area contributed by atoms with Crippen molar-refractivity contribution in [1.82, 2.24) is 20.6 Å². The number of aromatic nitrogens is 2. The first-order chi connectivity index (χ1) is 12.6. The summed E-state index contributed by atoms with van der Waals surface area (Å²) in [6.07, 6.45) is 4.18. The number of carbonyl (C=O) groups is 3. The van der Waals surface area contributed by atoms with E-state index >= 15 is 0 Å². The highest BCUT2D eigenvalue weighted by atomic mass is 16.4. The van der Waals surface area contributed by atoms with E-state index < -0.39 is 35.9 Å².